The van der Waals surface area contributed by atoms with Crippen LogP contribution in [0.4, 0.5) is 11.4 Å². The van der Waals surface area contributed by atoms with Crippen molar-refractivity contribution >= 4 is 39.1 Å². The Labute approximate surface area is 166 Å². The van der Waals surface area contributed by atoms with E-state index >= 15 is 0 Å². The summed E-state index contributed by atoms with van der Waals surface area (Å²) in [5, 5.41) is 11.0. The number of para-hydroxylation sites is 1. The Morgan fingerprint density at radius 1 is 1.11 bits per heavy atom. The van der Waals surface area contributed by atoms with Crippen LogP contribution in [0.5, 0.6) is 0 Å². The first-order valence-electron chi connectivity index (χ1n) is 8.20. The molecule has 2 N–H and O–H groups in total. The Hall–Kier alpha value is -2.85. The quantitative estimate of drug-likeness (QED) is 0.567. The molecule has 0 spiro atoms. The van der Waals surface area contributed by atoms with Gasteiger partial charge in [0, 0.05) is 16.9 Å². The van der Waals surface area contributed by atoms with E-state index in [4.69, 9.17) is 4.42 Å². The lowest BCUT2D eigenvalue weighted by Crippen LogP contribution is -2.14. The highest BCUT2D eigenvalue weighted by Gasteiger charge is 2.12. The second-order valence-electron chi connectivity index (χ2n) is 5.98. The van der Waals surface area contributed by atoms with Crippen molar-refractivity contribution in [1.29, 1.82) is 0 Å². The fourth-order valence-corrected chi connectivity index (χ4v) is 3.43. The Kier molecular flexibility index (Phi) is 6.00. The number of anilines is 2. The van der Waals surface area contributed by atoms with E-state index in [1.54, 1.807) is 24.3 Å². The summed E-state index contributed by atoms with van der Waals surface area (Å²) in [6.45, 7) is 1.92. The van der Waals surface area contributed by atoms with Gasteiger partial charge in [0.1, 0.15) is 0 Å². The first kappa shape index (κ1) is 19.9. The molecule has 0 aliphatic carbocycles. The summed E-state index contributed by atoms with van der Waals surface area (Å²) >= 11 is 1.14. The molecule has 1 aromatic heterocycles. The van der Waals surface area contributed by atoms with E-state index in [0.29, 0.717) is 11.3 Å². The maximum atomic E-state index is 12.1. The summed E-state index contributed by atoms with van der Waals surface area (Å²) in [5.74, 6) is 0.246. The molecule has 3 rings (SSSR count). The van der Waals surface area contributed by atoms with E-state index in [1.165, 1.54) is 0 Å². The molecule has 0 saturated heterocycles. The third-order valence-corrected chi connectivity index (χ3v) is 5.01. The number of carbonyl (C=O) groups is 1. The lowest BCUT2D eigenvalue weighted by atomic mass is 10.2. The molecule has 10 heteroatoms. The van der Waals surface area contributed by atoms with Crippen LogP contribution >= 0.6 is 11.8 Å². The van der Waals surface area contributed by atoms with Gasteiger partial charge in [-0.1, -0.05) is 30.0 Å². The lowest BCUT2D eigenvalue weighted by Gasteiger charge is -2.06. The summed E-state index contributed by atoms with van der Waals surface area (Å²) in [5.41, 5.74) is 2.83. The minimum Gasteiger partial charge on any atom is -0.411 e. The largest absolute Gasteiger partial charge is 0.411 e. The van der Waals surface area contributed by atoms with E-state index in [9.17, 15) is 13.2 Å². The molecular formula is C18H18N4O4S2. The number of carbonyl (C=O) groups excluding carboxylic acids is 1. The zero-order chi connectivity index (χ0) is 20.1. The molecule has 0 bridgehead atoms. The average molecular weight is 419 g/mol. The lowest BCUT2D eigenvalue weighted by molar-refractivity contribution is -0.113. The zero-order valence-electron chi connectivity index (χ0n) is 15.2. The number of hydrogen-bond acceptors (Lipinski definition) is 7. The summed E-state index contributed by atoms with van der Waals surface area (Å²) in [6, 6.07) is 14.1. The van der Waals surface area contributed by atoms with Crippen LogP contribution in [-0.4, -0.2) is 36.5 Å². The minimum absolute atomic E-state index is 0.132. The summed E-state index contributed by atoms with van der Waals surface area (Å²) in [4.78, 5) is 12.1. The number of thioether (sulfide) groups is 1. The Morgan fingerprint density at radius 3 is 2.50 bits per heavy atom. The number of nitrogens with zero attached hydrogens (tertiary/aromatic N) is 2. The molecule has 0 saturated carbocycles. The Morgan fingerprint density at radius 2 is 1.82 bits per heavy atom. The van der Waals surface area contributed by atoms with E-state index in [0.717, 1.165) is 29.3 Å². The van der Waals surface area contributed by atoms with E-state index in [1.807, 2.05) is 31.2 Å². The van der Waals surface area contributed by atoms with E-state index in [-0.39, 0.29) is 22.8 Å². The average Bonchev–Trinajstić information content (AvgIpc) is 3.10. The number of nitrogens with one attached hydrogen (secondary N) is 2. The van der Waals surface area contributed by atoms with Crippen LogP contribution in [0.15, 0.2) is 58.2 Å². The molecule has 0 aliphatic heterocycles. The van der Waals surface area contributed by atoms with Gasteiger partial charge < -0.3 is 9.73 Å². The first-order valence-corrected chi connectivity index (χ1v) is 11.1. The van der Waals surface area contributed by atoms with Crippen LogP contribution in [0.25, 0.3) is 11.5 Å². The van der Waals surface area contributed by atoms with Gasteiger partial charge in [0.25, 0.3) is 5.22 Å². The van der Waals surface area contributed by atoms with Crippen molar-refractivity contribution in [2.24, 2.45) is 0 Å². The van der Waals surface area contributed by atoms with Crippen LogP contribution in [0, 0.1) is 6.92 Å². The van der Waals surface area contributed by atoms with Gasteiger partial charge in [0.15, 0.2) is 0 Å². The third-order valence-electron chi connectivity index (χ3n) is 3.59. The topological polar surface area (TPSA) is 114 Å². The maximum absolute atomic E-state index is 12.1. The van der Waals surface area contributed by atoms with Gasteiger partial charge in [-0.25, -0.2) is 8.42 Å². The molecule has 28 heavy (non-hydrogen) atoms. The molecule has 0 unspecified atom stereocenters. The molecule has 146 valence electrons. The SMILES string of the molecule is Cc1ccccc1NC(=O)CSc1nnc(-c2ccc(NS(C)(=O)=O)cc2)o1. The van der Waals surface area contributed by atoms with Crippen LogP contribution < -0.4 is 10.0 Å². The number of benzene rings is 2. The van der Waals surface area contributed by atoms with Crippen molar-refractivity contribution in [2.45, 2.75) is 12.1 Å². The normalized spacial score (nSPS) is 11.2. The number of sulfonamides is 1. The van der Waals surface area contributed by atoms with E-state index < -0.39 is 10.0 Å². The molecule has 8 nitrogen and oxygen atoms in total. The van der Waals surface area contributed by atoms with Crippen LogP contribution in [0.2, 0.25) is 0 Å². The smallest absolute Gasteiger partial charge is 0.277 e. The predicted octanol–water partition coefficient (Wildman–Crippen LogP) is 3.15. The van der Waals surface area contributed by atoms with Gasteiger partial charge >= 0.3 is 0 Å². The Balaban J connectivity index is 1.58. The fraction of sp³-hybridized carbons (Fsp3) is 0.167. The molecule has 0 aliphatic rings. The minimum atomic E-state index is -3.33. The van der Waals surface area contributed by atoms with Gasteiger partial charge in [0.2, 0.25) is 21.8 Å². The third kappa shape index (κ3) is 5.57. The van der Waals surface area contributed by atoms with Gasteiger partial charge in [0.05, 0.1) is 12.0 Å². The van der Waals surface area contributed by atoms with Crippen molar-refractivity contribution in [3.05, 3.63) is 54.1 Å². The van der Waals surface area contributed by atoms with Crippen LogP contribution in [0.1, 0.15) is 5.56 Å². The molecule has 1 amide bonds. The maximum Gasteiger partial charge on any atom is 0.277 e. The van der Waals surface area contributed by atoms with Crippen molar-refractivity contribution < 1.29 is 17.6 Å². The standard InChI is InChI=1S/C18H18N4O4S2/c1-12-5-3-4-6-15(12)19-16(23)11-27-18-21-20-17(26-18)13-7-9-14(10-8-13)22-28(2,24)25/h3-10,22H,11H2,1-2H3,(H,19,23). The van der Waals surface area contributed by atoms with Gasteiger partial charge in [-0.05, 0) is 42.8 Å². The summed E-state index contributed by atoms with van der Waals surface area (Å²) in [7, 11) is -3.33. The monoisotopic (exact) mass is 418 g/mol. The molecular weight excluding hydrogens is 400 g/mol. The van der Waals surface area contributed by atoms with Crippen molar-refractivity contribution in [3.8, 4) is 11.5 Å². The first-order chi connectivity index (χ1) is 13.3. The molecule has 3 aromatic rings. The Bertz CT molecular complexity index is 1080. The second kappa shape index (κ2) is 8.44. The van der Waals surface area contributed by atoms with Gasteiger partial charge in [-0.15, -0.1) is 10.2 Å². The molecule has 0 atom stereocenters. The number of aromatic nitrogens is 2. The van der Waals surface area contributed by atoms with Crippen molar-refractivity contribution in [2.75, 3.05) is 22.0 Å². The highest BCUT2D eigenvalue weighted by Crippen LogP contribution is 2.25. The number of rotatable bonds is 7. The second-order valence-corrected chi connectivity index (χ2v) is 8.65. The number of aryl methyl sites for hydroxylation is 1. The van der Waals surface area contributed by atoms with Gasteiger partial charge in [-0.3, -0.25) is 9.52 Å². The predicted molar refractivity (Wildman–Crippen MR) is 109 cm³/mol. The molecule has 2 aromatic carbocycles. The van der Waals surface area contributed by atoms with Gasteiger partial charge in [-0.2, -0.15) is 0 Å². The zero-order valence-corrected chi connectivity index (χ0v) is 16.8. The van der Waals surface area contributed by atoms with E-state index in [2.05, 4.69) is 20.2 Å². The summed E-state index contributed by atoms with van der Waals surface area (Å²) in [6.07, 6.45) is 1.08. The molecule has 1 heterocycles. The fourth-order valence-electron chi connectivity index (χ4n) is 2.31. The van der Waals surface area contributed by atoms with Crippen molar-refractivity contribution in [1.82, 2.24) is 10.2 Å². The molecule has 0 radical (unpaired) electrons. The molecule has 0 fully saturated rings. The highest BCUT2D eigenvalue weighted by molar-refractivity contribution is 7.99. The number of amides is 1. The number of hydrogen-bond donors (Lipinski definition) is 2. The van der Waals surface area contributed by atoms with Crippen LogP contribution in [0.3, 0.4) is 0 Å². The van der Waals surface area contributed by atoms with Crippen LogP contribution in [-0.2, 0) is 14.8 Å². The highest BCUT2D eigenvalue weighted by atomic mass is 32.2. The summed E-state index contributed by atoms with van der Waals surface area (Å²) < 4.78 is 30.4. The van der Waals surface area contributed by atoms with Crippen molar-refractivity contribution in [3.63, 3.8) is 0 Å².